The number of rotatable bonds is 6. The number of hydrogen-bond acceptors (Lipinski definition) is 4. The summed E-state index contributed by atoms with van der Waals surface area (Å²) in [6.07, 6.45) is 2.06. The van der Waals surface area contributed by atoms with Crippen LogP contribution in [0.4, 0.5) is 0 Å². The number of carboxylic acid groups (broad SMARTS) is 1. The fourth-order valence-electron chi connectivity index (χ4n) is 1.24. The average Bonchev–Trinajstić information content (AvgIpc) is 2.59. The van der Waals surface area contributed by atoms with Crippen molar-refractivity contribution in [2.45, 2.75) is 26.2 Å². The maximum atomic E-state index is 10.9. The summed E-state index contributed by atoms with van der Waals surface area (Å²) in [7, 11) is 0. The van der Waals surface area contributed by atoms with Gasteiger partial charge in [0, 0.05) is 11.3 Å². The van der Waals surface area contributed by atoms with E-state index in [1.807, 2.05) is 6.92 Å². The minimum absolute atomic E-state index is 0.248. The van der Waals surface area contributed by atoms with Crippen LogP contribution in [0.5, 0.6) is 5.75 Å². The van der Waals surface area contributed by atoms with E-state index in [-0.39, 0.29) is 4.88 Å². The molecule has 0 aliphatic heterocycles. The number of carboxylic acids is 1. The van der Waals surface area contributed by atoms with Crippen LogP contribution in [0.25, 0.3) is 0 Å². The van der Waals surface area contributed by atoms with Gasteiger partial charge in [0.1, 0.15) is 5.75 Å². The van der Waals surface area contributed by atoms with Crippen LogP contribution in [-0.4, -0.2) is 17.7 Å². The highest BCUT2D eigenvalue weighted by Crippen LogP contribution is 2.28. The molecule has 0 bridgehead atoms. The van der Waals surface area contributed by atoms with Crippen molar-refractivity contribution in [3.63, 3.8) is 0 Å². The molecule has 1 rings (SSSR count). The highest BCUT2D eigenvalue weighted by molar-refractivity contribution is 7.14. The monoisotopic (exact) mass is 239 g/mol. The Morgan fingerprint density at radius 1 is 1.62 bits per heavy atom. The van der Waals surface area contributed by atoms with Crippen LogP contribution in [0.2, 0.25) is 0 Å². The van der Waals surface area contributed by atoms with E-state index in [4.69, 9.17) is 15.1 Å². The van der Waals surface area contributed by atoms with Crippen molar-refractivity contribution < 1.29 is 14.6 Å². The molecule has 0 saturated carbocycles. The van der Waals surface area contributed by atoms with Crippen LogP contribution in [0, 0.1) is 18.3 Å². The Morgan fingerprint density at radius 2 is 2.38 bits per heavy atom. The molecule has 0 saturated heterocycles. The molecule has 4 nitrogen and oxygen atoms in total. The highest BCUT2D eigenvalue weighted by Gasteiger charge is 2.14. The van der Waals surface area contributed by atoms with Crippen molar-refractivity contribution in [2.24, 2.45) is 0 Å². The molecule has 0 aliphatic carbocycles. The largest absolute Gasteiger partial charge is 0.492 e. The third-order valence-corrected chi connectivity index (χ3v) is 2.98. The summed E-state index contributed by atoms with van der Waals surface area (Å²) in [5.41, 5.74) is 0. The van der Waals surface area contributed by atoms with E-state index >= 15 is 0 Å². The molecule has 1 aromatic heterocycles. The number of aryl methyl sites for hydroxylation is 1. The third kappa shape index (κ3) is 3.55. The van der Waals surface area contributed by atoms with E-state index in [0.717, 1.165) is 17.7 Å². The molecule has 5 heteroatoms. The Labute approximate surface area is 98.1 Å². The predicted octanol–water partition coefficient (Wildman–Crippen LogP) is 2.83. The van der Waals surface area contributed by atoms with E-state index in [1.165, 1.54) is 11.3 Å². The van der Waals surface area contributed by atoms with E-state index in [1.54, 1.807) is 6.07 Å². The number of aromatic carboxylic acids is 1. The fraction of sp³-hybridized carbons (Fsp3) is 0.455. The number of thiophene rings is 1. The van der Waals surface area contributed by atoms with Gasteiger partial charge in [0.15, 0.2) is 4.88 Å². The van der Waals surface area contributed by atoms with Crippen LogP contribution >= 0.6 is 11.3 Å². The lowest BCUT2D eigenvalue weighted by Gasteiger charge is -2.03. The second kappa shape index (κ2) is 6.13. The van der Waals surface area contributed by atoms with Gasteiger partial charge in [-0.25, -0.2) is 4.79 Å². The van der Waals surface area contributed by atoms with Crippen LogP contribution in [0.3, 0.4) is 0 Å². The minimum Gasteiger partial charge on any atom is -0.492 e. The smallest absolute Gasteiger partial charge is 0.349 e. The summed E-state index contributed by atoms with van der Waals surface area (Å²) in [6, 6.07) is 3.79. The van der Waals surface area contributed by atoms with Gasteiger partial charge in [-0.2, -0.15) is 5.26 Å². The van der Waals surface area contributed by atoms with Crippen LogP contribution in [0.1, 0.15) is 33.8 Å². The zero-order chi connectivity index (χ0) is 12.0. The first kappa shape index (κ1) is 12.5. The molecule has 16 heavy (non-hydrogen) atoms. The molecule has 0 aromatic carbocycles. The average molecular weight is 239 g/mol. The standard InChI is InChI=1S/C11H13NO3S/c1-8-7-9(10(16-8)11(13)14)15-6-4-2-3-5-12/h7H,2-4,6H2,1H3,(H,13,14). The molecule has 86 valence electrons. The van der Waals surface area contributed by atoms with Gasteiger partial charge in [-0.05, 0) is 25.8 Å². The van der Waals surface area contributed by atoms with Crippen LogP contribution < -0.4 is 4.74 Å². The Kier molecular flexibility index (Phi) is 4.80. The lowest BCUT2D eigenvalue weighted by atomic mass is 10.2. The topological polar surface area (TPSA) is 70.3 Å². The Bertz CT molecular complexity index is 406. The van der Waals surface area contributed by atoms with Crippen molar-refractivity contribution in [1.29, 1.82) is 5.26 Å². The summed E-state index contributed by atoms with van der Waals surface area (Å²) in [5, 5.41) is 17.2. The minimum atomic E-state index is -0.954. The Hall–Kier alpha value is -1.54. The zero-order valence-corrected chi connectivity index (χ0v) is 9.84. The van der Waals surface area contributed by atoms with Gasteiger partial charge in [0.25, 0.3) is 0 Å². The van der Waals surface area contributed by atoms with Gasteiger partial charge in [-0.15, -0.1) is 11.3 Å². The molecule has 0 aliphatic rings. The Morgan fingerprint density at radius 3 is 3.00 bits per heavy atom. The normalized spacial score (nSPS) is 9.75. The van der Waals surface area contributed by atoms with Gasteiger partial charge in [-0.3, -0.25) is 0 Å². The van der Waals surface area contributed by atoms with Crippen molar-refractivity contribution in [3.8, 4) is 11.8 Å². The number of unbranched alkanes of at least 4 members (excludes halogenated alkanes) is 2. The highest BCUT2D eigenvalue weighted by atomic mass is 32.1. The number of hydrogen-bond donors (Lipinski definition) is 1. The van der Waals surface area contributed by atoms with Crippen LogP contribution in [0.15, 0.2) is 6.07 Å². The van der Waals surface area contributed by atoms with Crippen molar-refractivity contribution in [3.05, 3.63) is 15.8 Å². The van der Waals surface area contributed by atoms with E-state index in [9.17, 15) is 4.79 Å². The second-order valence-corrected chi connectivity index (χ2v) is 4.58. The molecule has 1 aromatic rings. The lowest BCUT2D eigenvalue weighted by Crippen LogP contribution is -2.01. The molecular formula is C11H13NO3S. The predicted molar refractivity (Wildman–Crippen MR) is 61.0 cm³/mol. The lowest BCUT2D eigenvalue weighted by molar-refractivity contribution is 0.0698. The SMILES string of the molecule is Cc1cc(OCCCCC#N)c(C(=O)O)s1. The summed E-state index contributed by atoms with van der Waals surface area (Å²) in [4.78, 5) is 12.0. The molecule has 0 spiro atoms. The number of nitrogens with zero attached hydrogens (tertiary/aromatic N) is 1. The zero-order valence-electron chi connectivity index (χ0n) is 9.02. The van der Waals surface area contributed by atoms with E-state index in [2.05, 4.69) is 6.07 Å². The van der Waals surface area contributed by atoms with Crippen LogP contribution in [-0.2, 0) is 0 Å². The summed E-state index contributed by atoms with van der Waals surface area (Å²) >= 11 is 1.21. The molecule has 1 N–H and O–H groups in total. The maximum absolute atomic E-state index is 10.9. The van der Waals surface area contributed by atoms with Gasteiger partial charge in [0.05, 0.1) is 12.7 Å². The molecule has 0 unspecified atom stereocenters. The van der Waals surface area contributed by atoms with Gasteiger partial charge < -0.3 is 9.84 Å². The van der Waals surface area contributed by atoms with Crippen molar-refractivity contribution in [1.82, 2.24) is 0 Å². The molecule has 0 radical (unpaired) electrons. The molecule has 0 amide bonds. The molecule has 0 fully saturated rings. The van der Waals surface area contributed by atoms with E-state index in [0.29, 0.717) is 18.8 Å². The summed E-state index contributed by atoms with van der Waals surface area (Å²) in [6.45, 7) is 2.30. The quantitative estimate of drug-likeness (QED) is 0.775. The number of carbonyl (C=O) groups is 1. The van der Waals surface area contributed by atoms with Crippen molar-refractivity contribution in [2.75, 3.05) is 6.61 Å². The first-order chi connectivity index (χ1) is 7.65. The summed E-state index contributed by atoms with van der Waals surface area (Å²) < 4.78 is 5.39. The molecule has 0 atom stereocenters. The van der Waals surface area contributed by atoms with Gasteiger partial charge >= 0.3 is 5.97 Å². The second-order valence-electron chi connectivity index (χ2n) is 3.32. The summed E-state index contributed by atoms with van der Waals surface area (Å²) in [5.74, 6) is -0.517. The van der Waals surface area contributed by atoms with Crippen molar-refractivity contribution >= 4 is 17.3 Å². The fourth-order valence-corrected chi connectivity index (χ4v) is 2.03. The maximum Gasteiger partial charge on any atom is 0.349 e. The third-order valence-electron chi connectivity index (χ3n) is 1.96. The first-order valence-electron chi connectivity index (χ1n) is 4.98. The number of nitriles is 1. The number of ether oxygens (including phenoxy) is 1. The van der Waals surface area contributed by atoms with E-state index < -0.39 is 5.97 Å². The van der Waals surface area contributed by atoms with Gasteiger partial charge in [0.2, 0.25) is 0 Å². The molecular weight excluding hydrogens is 226 g/mol. The van der Waals surface area contributed by atoms with Gasteiger partial charge in [-0.1, -0.05) is 0 Å². The first-order valence-corrected chi connectivity index (χ1v) is 5.80. The molecule has 1 heterocycles. The Balaban J connectivity index is 2.47.